The molecule has 146 valence electrons. The average molecular weight is 390 g/mol. The molecule has 0 unspecified atom stereocenters. The topological polar surface area (TPSA) is 75.4 Å². The van der Waals surface area contributed by atoms with Crippen molar-refractivity contribution in [3.63, 3.8) is 0 Å². The Morgan fingerprint density at radius 3 is 2.37 bits per heavy atom. The monoisotopic (exact) mass is 389 g/mol. The fourth-order valence-corrected chi connectivity index (χ4v) is 2.70. The van der Waals surface area contributed by atoms with Crippen LogP contribution in [-0.2, 0) is 6.42 Å². The lowest BCUT2D eigenvalue weighted by atomic mass is 10.1. The van der Waals surface area contributed by atoms with Crippen LogP contribution in [0.3, 0.4) is 0 Å². The highest BCUT2D eigenvalue weighted by molar-refractivity contribution is 5.99. The van der Waals surface area contributed by atoms with Crippen molar-refractivity contribution in [1.82, 2.24) is 10.2 Å². The fraction of sp³-hybridized carbons (Fsp3) is 0.333. The largest absolute Gasteiger partial charge is 0.352 e. The van der Waals surface area contributed by atoms with Gasteiger partial charge in [0.1, 0.15) is 0 Å². The van der Waals surface area contributed by atoms with Gasteiger partial charge in [0.2, 0.25) is 0 Å². The van der Waals surface area contributed by atoms with Gasteiger partial charge < -0.3 is 16.0 Å². The molecule has 27 heavy (non-hydrogen) atoms. The van der Waals surface area contributed by atoms with E-state index in [2.05, 4.69) is 5.32 Å². The predicted molar refractivity (Wildman–Crippen MR) is 111 cm³/mol. The van der Waals surface area contributed by atoms with Crippen molar-refractivity contribution in [2.45, 2.75) is 19.8 Å². The maximum atomic E-state index is 12.9. The van der Waals surface area contributed by atoms with Crippen molar-refractivity contribution in [3.05, 3.63) is 71.3 Å². The SMILES string of the molecule is CCCNC(=O)c1cccc(C(=O)N(CCN)CCc2ccccc2)c1.Cl. The lowest BCUT2D eigenvalue weighted by Gasteiger charge is -2.22. The Balaban J connectivity index is 0.00000364. The summed E-state index contributed by atoms with van der Waals surface area (Å²) in [5.41, 5.74) is 7.88. The number of carbonyl (C=O) groups is 2. The fourth-order valence-electron chi connectivity index (χ4n) is 2.70. The van der Waals surface area contributed by atoms with Crippen LogP contribution in [0.4, 0.5) is 0 Å². The van der Waals surface area contributed by atoms with Crippen molar-refractivity contribution in [3.8, 4) is 0 Å². The molecule has 0 aliphatic rings. The number of nitrogens with zero attached hydrogens (tertiary/aromatic N) is 1. The molecule has 0 aromatic heterocycles. The summed E-state index contributed by atoms with van der Waals surface area (Å²) in [7, 11) is 0. The lowest BCUT2D eigenvalue weighted by molar-refractivity contribution is 0.0762. The van der Waals surface area contributed by atoms with E-state index in [9.17, 15) is 9.59 Å². The average Bonchev–Trinajstić information content (AvgIpc) is 2.69. The minimum Gasteiger partial charge on any atom is -0.352 e. The zero-order valence-corrected chi connectivity index (χ0v) is 16.5. The first-order valence-electron chi connectivity index (χ1n) is 9.07. The summed E-state index contributed by atoms with van der Waals surface area (Å²) >= 11 is 0. The van der Waals surface area contributed by atoms with Crippen LogP contribution in [0, 0.1) is 0 Å². The van der Waals surface area contributed by atoms with Gasteiger partial charge in [-0.05, 0) is 36.6 Å². The van der Waals surface area contributed by atoms with Gasteiger partial charge in [-0.3, -0.25) is 9.59 Å². The smallest absolute Gasteiger partial charge is 0.253 e. The second-order valence-electron chi connectivity index (χ2n) is 6.15. The molecule has 0 atom stereocenters. The molecular weight excluding hydrogens is 362 g/mol. The van der Waals surface area contributed by atoms with Gasteiger partial charge in [0.05, 0.1) is 0 Å². The summed E-state index contributed by atoms with van der Waals surface area (Å²) in [5.74, 6) is -0.257. The van der Waals surface area contributed by atoms with Gasteiger partial charge in [-0.2, -0.15) is 0 Å². The molecule has 3 N–H and O–H groups in total. The molecule has 0 aliphatic heterocycles. The van der Waals surface area contributed by atoms with Crippen LogP contribution >= 0.6 is 12.4 Å². The van der Waals surface area contributed by atoms with Crippen LogP contribution in [-0.4, -0.2) is 42.9 Å². The number of hydrogen-bond donors (Lipinski definition) is 2. The van der Waals surface area contributed by atoms with Crippen LogP contribution < -0.4 is 11.1 Å². The highest BCUT2D eigenvalue weighted by atomic mass is 35.5. The molecule has 0 radical (unpaired) electrons. The summed E-state index contributed by atoms with van der Waals surface area (Å²) in [5, 5.41) is 2.83. The van der Waals surface area contributed by atoms with E-state index in [1.165, 1.54) is 5.56 Å². The minimum absolute atomic E-state index is 0. The van der Waals surface area contributed by atoms with Crippen LogP contribution in [0.25, 0.3) is 0 Å². The molecule has 2 aromatic carbocycles. The summed E-state index contributed by atoms with van der Waals surface area (Å²) in [6.45, 7) is 4.09. The normalized spacial score (nSPS) is 10.0. The first kappa shape index (κ1) is 22.7. The summed E-state index contributed by atoms with van der Waals surface area (Å²) < 4.78 is 0. The van der Waals surface area contributed by atoms with Gasteiger partial charge in [0, 0.05) is 37.3 Å². The van der Waals surface area contributed by atoms with Crippen LogP contribution in [0.15, 0.2) is 54.6 Å². The molecule has 6 heteroatoms. The van der Waals surface area contributed by atoms with Gasteiger partial charge >= 0.3 is 0 Å². The molecule has 0 saturated heterocycles. The van der Waals surface area contributed by atoms with Gasteiger partial charge in [-0.1, -0.05) is 43.3 Å². The molecule has 0 spiro atoms. The Morgan fingerprint density at radius 2 is 1.70 bits per heavy atom. The molecular formula is C21H28ClN3O2. The predicted octanol–water partition coefficient (Wildman–Crippen LogP) is 2.89. The number of amides is 2. The molecule has 0 aliphatic carbocycles. The third-order valence-electron chi connectivity index (χ3n) is 4.11. The quantitative estimate of drug-likeness (QED) is 0.692. The first-order chi connectivity index (χ1) is 12.7. The molecule has 5 nitrogen and oxygen atoms in total. The number of nitrogens with one attached hydrogen (secondary N) is 1. The van der Waals surface area contributed by atoms with E-state index in [0.29, 0.717) is 37.3 Å². The summed E-state index contributed by atoms with van der Waals surface area (Å²) in [6, 6.07) is 16.9. The summed E-state index contributed by atoms with van der Waals surface area (Å²) in [6.07, 6.45) is 1.64. The van der Waals surface area contributed by atoms with Crippen LogP contribution in [0.5, 0.6) is 0 Å². The summed E-state index contributed by atoms with van der Waals surface area (Å²) in [4.78, 5) is 26.8. The lowest BCUT2D eigenvalue weighted by Crippen LogP contribution is -2.37. The maximum Gasteiger partial charge on any atom is 0.253 e. The highest BCUT2D eigenvalue weighted by Crippen LogP contribution is 2.10. The molecule has 2 amide bonds. The van der Waals surface area contributed by atoms with E-state index >= 15 is 0 Å². The van der Waals surface area contributed by atoms with Gasteiger partial charge in [0.15, 0.2) is 0 Å². The van der Waals surface area contributed by atoms with Gasteiger partial charge in [0.25, 0.3) is 11.8 Å². The van der Waals surface area contributed by atoms with Crippen molar-refractivity contribution in [1.29, 1.82) is 0 Å². The number of benzene rings is 2. The second kappa shape index (κ2) is 12.1. The number of nitrogens with two attached hydrogens (primary N) is 1. The van der Waals surface area contributed by atoms with Crippen LogP contribution in [0.1, 0.15) is 39.6 Å². The highest BCUT2D eigenvalue weighted by Gasteiger charge is 2.16. The molecule has 0 fully saturated rings. The van der Waals surface area contributed by atoms with E-state index in [1.807, 2.05) is 37.3 Å². The molecule has 0 saturated carbocycles. The molecule has 2 rings (SSSR count). The number of halogens is 1. The van der Waals surface area contributed by atoms with Crippen LogP contribution in [0.2, 0.25) is 0 Å². The van der Waals surface area contributed by atoms with E-state index < -0.39 is 0 Å². The second-order valence-corrected chi connectivity index (χ2v) is 6.15. The standard InChI is InChI=1S/C21H27N3O2.ClH/c1-2-13-23-20(25)18-9-6-10-19(16-18)21(26)24(15-12-22)14-11-17-7-4-3-5-8-17;/h3-10,16H,2,11-15,22H2,1H3,(H,23,25);1H. The Labute approximate surface area is 167 Å². The van der Waals surface area contributed by atoms with Crippen molar-refractivity contribution < 1.29 is 9.59 Å². The Hall–Kier alpha value is -2.37. The third-order valence-corrected chi connectivity index (χ3v) is 4.11. The third kappa shape index (κ3) is 7.04. The minimum atomic E-state index is -0.156. The first-order valence-corrected chi connectivity index (χ1v) is 9.07. The molecule has 2 aromatic rings. The zero-order chi connectivity index (χ0) is 18.8. The number of rotatable bonds is 9. The van der Waals surface area contributed by atoms with Gasteiger partial charge in [-0.15, -0.1) is 12.4 Å². The van der Waals surface area contributed by atoms with Crippen molar-refractivity contribution in [2.24, 2.45) is 5.73 Å². The number of hydrogen-bond acceptors (Lipinski definition) is 3. The van der Waals surface area contributed by atoms with Gasteiger partial charge in [-0.25, -0.2) is 0 Å². The van der Waals surface area contributed by atoms with Crippen molar-refractivity contribution >= 4 is 24.2 Å². The van der Waals surface area contributed by atoms with E-state index in [-0.39, 0.29) is 24.2 Å². The molecule has 0 heterocycles. The number of carbonyl (C=O) groups excluding carboxylic acids is 2. The maximum absolute atomic E-state index is 12.9. The Kier molecular flexibility index (Phi) is 10.2. The zero-order valence-electron chi connectivity index (χ0n) is 15.7. The Morgan fingerprint density at radius 1 is 1.00 bits per heavy atom. The molecule has 0 bridgehead atoms. The van der Waals surface area contributed by atoms with E-state index in [0.717, 1.165) is 12.8 Å². The van der Waals surface area contributed by atoms with Crippen molar-refractivity contribution in [2.75, 3.05) is 26.2 Å². The van der Waals surface area contributed by atoms with E-state index in [4.69, 9.17) is 5.73 Å². The van der Waals surface area contributed by atoms with E-state index in [1.54, 1.807) is 29.2 Å². The Bertz CT molecular complexity index is 722.